The van der Waals surface area contributed by atoms with Gasteiger partial charge in [-0.1, -0.05) is 231 Å². The van der Waals surface area contributed by atoms with E-state index in [1.165, 1.54) is 173 Å². The zero-order valence-corrected chi connectivity index (χ0v) is 42.4. The molecule has 8 atom stereocenters. The van der Waals surface area contributed by atoms with Crippen LogP contribution in [0.1, 0.15) is 239 Å². The number of amides is 1. The first kappa shape index (κ1) is 62.6. The third-order valence-electron chi connectivity index (χ3n) is 12.8. The van der Waals surface area contributed by atoms with Crippen molar-refractivity contribution in [3.05, 3.63) is 24.3 Å². The number of hydrogen-bond acceptors (Lipinski definition) is 11. The second-order valence-electron chi connectivity index (χ2n) is 19.0. The fourth-order valence-electron chi connectivity index (χ4n) is 8.60. The van der Waals surface area contributed by atoms with Gasteiger partial charge in [0.25, 0.3) is 0 Å². The molecule has 13 nitrogen and oxygen atoms in total. The van der Waals surface area contributed by atoms with Crippen molar-refractivity contribution in [2.45, 2.75) is 288 Å². The highest BCUT2D eigenvalue weighted by atomic mass is 32.3. The Morgan fingerprint density at radius 1 is 0.606 bits per heavy atom. The second-order valence-corrected chi connectivity index (χ2v) is 20.0. The molecule has 1 amide bonds. The van der Waals surface area contributed by atoms with E-state index in [0.717, 1.165) is 38.5 Å². The fourth-order valence-corrected chi connectivity index (χ4v) is 9.10. The van der Waals surface area contributed by atoms with E-state index in [9.17, 15) is 43.3 Å². The Hall–Kier alpha value is -1.46. The Bertz CT molecular complexity index is 1290. The van der Waals surface area contributed by atoms with E-state index in [0.29, 0.717) is 12.8 Å². The summed E-state index contributed by atoms with van der Waals surface area (Å²) >= 11 is 0. The SMILES string of the molecule is CCCCCCCCCCCCCCC/C=C/CC/C=C/C(O)C(COC1OC(CO)C(O)C(OS(=O)(=O)O)C1O)NC(=O)C(O)CCCCCCCCCCCCCCCCCCCC. The molecule has 8 unspecified atom stereocenters. The minimum atomic E-state index is -5.12. The van der Waals surface area contributed by atoms with E-state index in [4.69, 9.17) is 9.47 Å². The molecule has 1 saturated heterocycles. The summed E-state index contributed by atoms with van der Waals surface area (Å²) in [5.41, 5.74) is 0. The van der Waals surface area contributed by atoms with Crippen molar-refractivity contribution < 1.29 is 57.0 Å². The molecule has 0 spiro atoms. The summed E-state index contributed by atoms with van der Waals surface area (Å²) in [4.78, 5) is 13.2. The lowest BCUT2D eigenvalue weighted by Crippen LogP contribution is -2.61. The number of nitrogens with one attached hydrogen (secondary N) is 1. The Morgan fingerprint density at radius 3 is 1.45 bits per heavy atom. The molecular formula is C52H99NO12S. The lowest BCUT2D eigenvalue weighted by atomic mass is 9.99. The van der Waals surface area contributed by atoms with Crippen LogP contribution in [0, 0.1) is 0 Å². The van der Waals surface area contributed by atoms with Crippen LogP contribution in [0.2, 0.25) is 0 Å². The van der Waals surface area contributed by atoms with Crippen LogP contribution in [-0.4, -0.2) is 107 Å². The van der Waals surface area contributed by atoms with Crippen molar-refractivity contribution in [2.75, 3.05) is 13.2 Å². The van der Waals surface area contributed by atoms with Crippen LogP contribution in [0.15, 0.2) is 24.3 Å². The van der Waals surface area contributed by atoms with Crippen molar-refractivity contribution in [2.24, 2.45) is 0 Å². The van der Waals surface area contributed by atoms with Gasteiger partial charge in [-0.2, -0.15) is 8.42 Å². The van der Waals surface area contributed by atoms with Gasteiger partial charge in [0.2, 0.25) is 5.91 Å². The van der Waals surface area contributed by atoms with Gasteiger partial charge in [0.15, 0.2) is 6.29 Å². The highest BCUT2D eigenvalue weighted by Crippen LogP contribution is 2.26. The van der Waals surface area contributed by atoms with Gasteiger partial charge in [0, 0.05) is 0 Å². The minimum Gasteiger partial charge on any atom is -0.394 e. The molecule has 1 aliphatic heterocycles. The van der Waals surface area contributed by atoms with Crippen LogP contribution in [0.5, 0.6) is 0 Å². The van der Waals surface area contributed by atoms with Gasteiger partial charge in [-0.15, -0.1) is 0 Å². The van der Waals surface area contributed by atoms with Crippen LogP contribution in [0.3, 0.4) is 0 Å². The van der Waals surface area contributed by atoms with Crippen molar-refractivity contribution in [3.8, 4) is 0 Å². The number of aliphatic hydroxyl groups excluding tert-OH is 5. The molecule has 390 valence electrons. The summed E-state index contributed by atoms with van der Waals surface area (Å²) in [6.45, 7) is 3.24. The molecule has 0 aromatic heterocycles. The number of rotatable bonds is 46. The highest BCUT2D eigenvalue weighted by Gasteiger charge is 2.48. The number of unbranched alkanes of at least 4 members (excludes halogenated alkanes) is 31. The van der Waals surface area contributed by atoms with E-state index in [1.807, 2.05) is 0 Å². The molecule has 7 N–H and O–H groups in total. The van der Waals surface area contributed by atoms with E-state index < -0.39 is 78.5 Å². The molecule has 1 fully saturated rings. The fraction of sp³-hybridized carbons (Fsp3) is 0.904. The maximum atomic E-state index is 13.2. The highest BCUT2D eigenvalue weighted by molar-refractivity contribution is 7.80. The number of hydrogen-bond donors (Lipinski definition) is 7. The van der Waals surface area contributed by atoms with Crippen LogP contribution < -0.4 is 5.32 Å². The molecule has 1 heterocycles. The Labute approximate surface area is 402 Å². The summed E-state index contributed by atoms with van der Waals surface area (Å²) < 4.78 is 47.6. The van der Waals surface area contributed by atoms with Gasteiger partial charge in [-0.3, -0.25) is 9.35 Å². The Kier molecular flexibility index (Phi) is 40.2. The first-order valence-corrected chi connectivity index (χ1v) is 28.2. The third-order valence-corrected chi connectivity index (χ3v) is 13.3. The zero-order valence-electron chi connectivity index (χ0n) is 41.6. The average Bonchev–Trinajstić information content (AvgIpc) is 3.29. The predicted molar refractivity (Wildman–Crippen MR) is 265 cm³/mol. The predicted octanol–water partition coefficient (Wildman–Crippen LogP) is 10.6. The van der Waals surface area contributed by atoms with Gasteiger partial charge in [0.1, 0.15) is 30.5 Å². The summed E-state index contributed by atoms with van der Waals surface area (Å²) in [6, 6.07) is -1.13. The van der Waals surface area contributed by atoms with Crippen molar-refractivity contribution in [1.29, 1.82) is 0 Å². The molecule has 1 rings (SSSR count). The first-order chi connectivity index (χ1) is 31.9. The summed E-state index contributed by atoms with van der Waals surface area (Å²) in [5.74, 6) is -0.708. The number of ether oxygens (including phenoxy) is 2. The Balaban J connectivity index is 2.51. The van der Waals surface area contributed by atoms with Crippen LogP contribution in [-0.2, 0) is 28.9 Å². The molecule has 0 aromatic rings. The minimum absolute atomic E-state index is 0.241. The quantitative estimate of drug-likeness (QED) is 0.0173. The normalized spacial score (nSPS) is 20.6. The van der Waals surface area contributed by atoms with Gasteiger partial charge in [0.05, 0.1) is 25.4 Å². The third kappa shape index (κ3) is 33.9. The topological polar surface area (TPSA) is 212 Å². The maximum Gasteiger partial charge on any atom is 0.397 e. The summed E-state index contributed by atoms with van der Waals surface area (Å²) in [5, 5.41) is 55.4. The van der Waals surface area contributed by atoms with Gasteiger partial charge in [-0.05, 0) is 32.1 Å². The summed E-state index contributed by atoms with van der Waals surface area (Å²) in [6.07, 6.45) is 38.3. The van der Waals surface area contributed by atoms with Crippen molar-refractivity contribution in [3.63, 3.8) is 0 Å². The second kappa shape index (κ2) is 42.4. The first-order valence-electron chi connectivity index (χ1n) is 26.8. The maximum absolute atomic E-state index is 13.2. The smallest absolute Gasteiger partial charge is 0.394 e. The number of allylic oxidation sites excluding steroid dienone is 3. The van der Waals surface area contributed by atoms with Crippen molar-refractivity contribution >= 4 is 16.3 Å². The summed E-state index contributed by atoms with van der Waals surface area (Å²) in [7, 11) is -5.12. The molecule has 0 saturated carbocycles. The van der Waals surface area contributed by atoms with E-state index in [1.54, 1.807) is 6.08 Å². The number of carbonyl (C=O) groups is 1. The molecule has 0 radical (unpaired) electrons. The molecular weight excluding hydrogens is 863 g/mol. The molecule has 0 aliphatic carbocycles. The zero-order chi connectivity index (χ0) is 48.5. The number of aliphatic hydroxyl groups is 5. The molecule has 0 aromatic carbocycles. The standard InChI is InChI=1S/C52H99NO12S/c1-3-5-7-9-11-13-15-17-19-21-23-25-26-28-30-32-34-36-38-40-45(55)44(43-63-52-49(58)50(65-66(60,61)62)48(57)47(42-54)64-52)53-51(59)46(56)41-39-37-35-33-31-29-27-24-22-20-18-16-14-12-10-8-6-4-2/h30,32,38,40,44-50,52,54-58H,3-29,31,33-37,39,41-43H2,1-2H3,(H,53,59)(H,60,61,62)/b32-30+,40-38+. The average molecular weight is 962 g/mol. The van der Waals surface area contributed by atoms with Crippen molar-refractivity contribution in [1.82, 2.24) is 5.32 Å². The van der Waals surface area contributed by atoms with E-state index in [-0.39, 0.29) is 6.42 Å². The number of carbonyl (C=O) groups excluding carboxylic acids is 1. The van der Waals surface area contributed by atoms with E-state index in [2.05, 4.69) is 35.5 Å². The van der Waals surface area contributed by atoms with Crippen LogP contribution >= 0.6 is 0 Å². The lowest BCUT2D eigenvalue weighted by Gasteiger charge is -2.41. The van der Waals surface area contributed by atoms with Crippen LogP contribution in [0.4, 0.5) is 0 Å². The molecule has 14 heteroatoms. The van der Waals surface area contributed by atoms with Gasteiger partial charge in [-0.25, -0.2) is 4.18 Å². The molecule has 66 heavy (non-hydrogen) atoms. The monoisotopic (exact) mass is 962 g/mol. The van der Waals surface area contributed by atoms with Gasteiger partial charge >= 0.3 is 10.4 Å². The lowest BCUT2D eigenvalue weighted by molar-refractivity contribution is -0.298. The molecule has 1 aliphatic rings. The van der Waals surface area contributed by atoms with Gasteiger partial charge < -0.3 is 40.3 Å². The van der Waals surface area contributed by atoms with E-state index >= 15 is 0 Å². The molecule has 0 bridgehead atoms. The van der Waals surface area contributed by atoms with Crippen LogP contribution in [0.25, 0.3) is 0 Å². The largest absolute Gasteiger partial charge is 0.397 e. The Morgan fingerprint density at radius 2 is 1.02 bits per heavy atom.